The lowest BCUT2D eigenvalue weighted by Crippen LogP contribution is -2.17. The molecule has 0 aliphatic carbocycles. The molecule has 3 N–H and O–H groups in total. The Morgan fingerprint density at radius 3 is 2.73 bits per heavy atom. The first-order valence-corrected chi connectivity index (χ1v) is 3.25. The smallest absolute Gasteiger partial charge is 0.355 e. The van der Waals surface area contributed by atoms with Gasteiger partial charge in [0.25, 0.3) is 0 Å². The van der Waals surface area contributed by atoms with Crippen molar-refractivity contribution < 1.29 is 14.7 Å². The third-order valence-corrected chi connectivity index (χ3v) is 1.16. The normalized spacial score (nSPS) is 11.3. The molecule has 0 heterocycles. The van der Waals surface area contributed by atoms with Crippen LogP contribution in [-0.2, 0) is 9.53 Å². The van der Waals surface area contributed by atoms with Crippen molar-refractivity contribution >= 4 is 11.7 Å². The van der Waals surface area contributed by atoms with Crippen LogP contribution in [-0.4, -0.2) is 30.5 Å². The van der Waals surface area contributed by atoms with Gasteiger partial charge in [-0.1, -0.05) is 5.16 Å². The third-order valence-electron chi connectivity index (χ3n) is 1.16. The third kappa shape index (κ3) is 3.57. The van der Waals surface area contributed by atoms with Crippen LogP contribution in [0, 0.1) is 0 Å². The van der Waals surface area contributed by atoms with Crippen LogP contribution in [0.1, 0.15) is 12.8 Å². The van der Waals surface area contributed by atoms with Gasteiger partial charge in [0, 0.05) is 6.42 Å². The van der Waals surface area contributed by atoms with Crippen LogP contribution in [0.5, 0.6) is 0 Å². The quantitative estimate of drug-likeness (QED) is 0.256. The van der Waals surface area contributed by atoms with E-state index in [1.54, 1.807) is 0 Å². The highest BCUT2D eigenvalue weighted by Crippen LogP contribution is 1.93. The number of esters is 1. The monoisotopic (exact) mass is 160 g/mol. The van der Waals surface area contributed by atoms with E-state index >= 15 is 0 Å². The van der Waals surface area contributed by atoms with Crippen LogP contribution in [0.2, 0.25) is 0 Å². The molecule has 0 aliphatic heterocycles. The predicted octanol–water partition coefficient (Wildman–Crippen LogP) is -0.272. The summed E-state index contributed by atoms with van der Waals surface area (Å²) in [5.41, 5.74) is 5.20. The second-order valence-electron chi connectivity index (χ2n) is 1.93. The number of hydrogen-bond donors (Lipinski definition) is 2. The average Bonchev–Trinajstić information content (AvgIpc) is 2.05. The Morgan fingerprint density at radius 1 is 1.73 bits per heavy atom. The highest BCUT2D eigenvalue weighted by atomic mass is 16.5. The SMILES string of the molecule is COC(=O)/C(CCCN)=N/O. The van der Waals surface area contributed by atoms with Gasteiger partial charge in [-0.25, -0.2) is 4.79 Å². The number of hydrogen-bond acceptors (Lipinski definition) is 5. The molecule has 5 nitrogen and oxygen atoms in total. The maximum atomic E-state index is 10.7. The number of carbonyl (C=O) groups excluding carboxylic acids is 1. The minimum Gasteiger partial charge on any atom is -0.464 e. The Balaban J connectivity index is 3.87. The van der Waals surface area contributed by atoms with Crippen LogP contribution < -0.4 is 5.73 Å². The Morgan fingerprint density at radius 2 is 2.36 bits per heavy atom. The number of oxime groups is 1. The molecule has 5 heteroatoms. The average molecular weight is 160 g/mol. The van der Waals surface area contributed by atoms with Crippen molar-refractivity contribution in [1.82, 2.24) is 0 Å². The lowest BCUT2D eigenvalue weighted by atomic mass is 10.2. The van der Waals surface area contributed by atoms with Crippen molar-refractivity contribution in [3.8, 4) is 0 Å². The molecule has 0 fully saturated rings. The Labute approximate surface area is 64.8 Å². The van der Waals surface area contributed by atoms with E-state index in [9.17, 15) is 4.79 Å². The first kappa shape index (κ1) is 9.90. The number of nitrogens with two attached hydrogens (primary N) is 1. The molecule has 0 aliphatic rings. The molecule has 0 atom stereocenters. The minimum atomic E-state index is -0.610. The van der Waals surface area contributed by atoms with E-state index in [2.05, 4.69) is 9.89 Å². The zero-order valence-corrected chi connectivity index (χ0v) is 6.41. The van der Waals surface area contributed by atoms with E-state index in [-0.39, 0.29) is 5.71 Å². The Kier molecular flexibility index (Phi) is 5.10. The van der Waals surface area contributed by atoms with Crippen LogP contribution >= 0.6 is 0 Å². The predicted molar refractivity (Wildman–Crippen MR) is 39.5 cm³/mol. The summed E-state index contributed by atoms with van der Waals surface area (Å²) >= 11 is 0. The van der Waals surface area contributed by atoms with Gasteiger partial charge >= 0.3 is 5.97 Å². The number of methoxy groups -OCH3 is 1. The van der Waals surface area contributed by atoms with E-state index in [1.807, 2.05) is 0 Å². The van der Waals surface area contributed by atoms with E-state index < -0.39 is 5.97 Å². The summed E-state index contributed by atoms with van der Waals surface area (Å²) in [6.07, 6.45) is 0.953. The van der Waals surface area contributed by atoms with Crippen molar-refractivity contribution in [3.63, 3.8) is 0 Å². The van der Waals surface area contributed by atoms with Crippen molar-refractivity contribution in [2.75, 3.05) is 13.7 Å². The number of carbonyl (C=O) groups is 1. The van der Waals surface area contributed by atoms with Gasteiger partial charge in [-0.3, -0.25) is 0 Å². The summed E-state index contributed by atoms with van der Waals surface area (Å²) in [6.45, 7) is 0.454. The van der Waals surface area contributed by atoms with Crippen LogP contribution in [0.25, 0.3) is 0 Å². The zero-order chi connectivity index (χ0) is 8.69. The molecule has 0 spiro atoms. The molecule has 0 radical (unpaired) electrons. The van der Waals surface area contributed by atoms with Gasteiger partial charge in [-0.05, 0) is 13.0 Å². The molecule has 0 bridgehead atoms. The van der Waals surface area contributed by atoms with Crippen molar-refractivity contribution in [2.24, 2.45) is 10.9 Å². The maximum absolute atomic E-state index is 10.7. The molecular formula is C6H12N2O3. The standard InChI is InChI=1S/C6H12N2O3/c1-11-6(9)5(8-10)3-2-4-7/h10H,2-4,7H2,1H3/b8-5+. The van der Waals surface area contributed by atoms with E-state index in [1.165, 1.54) is 7.11 Å². The van der Waals surface area contributed by atoms with Gasteiger partial charge in [0.05, 0.1) is 7.11 Å². The zero-order valence-electron chi connectivity index (χ0n) is 6.41. The number of rotatable bonds is 4. The van der Waals surface area contributed by atoms with Gasteiger partial charge in [0.15, 0.2) is 5.71 Å². The molecule has 0 aromatic heterocycles. The first-order valence-electron chi connectivity index (χ1n) is 3.25. The first-order chi connectivity index (χ1) is 5.26. The maximum Gasteiger partial charge on any atom is 0.355 e. The fourth-order valence-electron chi connectivity index (χ4n) is 0.580. The van der Waals surface area contributed by atoms with Crippen molar-refractivity contribution in [3.05, 3.63) is 0 Å². The van der Waals surface area contributed by atoms with E-state index in [0.29, 0.717) is 19.4 Å². The summed E-state index contributed by atoms with van der Waals surface area (Å²) in [5.74, 6) is -0.610. The van der Waals surface area contributed by atoms with E-state index in [4.69, 9.17) is 10.9 Å². The largest absolute Gasteiger partial charge is 0.464 e. The van der Waals surface area contributed by atoms with Gasteiger partial charge in [0.1, 0.15) is 0 Å². The summed E-state index contributed by atoms with van der Waals surface area (Å²) in [6, 6.07) is 0. The summed E-state index contributed by atoms with van der Waals surface area (Å²) in [7, 11) is 1.23. The second-order valence-corrected chi connectivity index (χ2v) is 1.93. The molecule has 0 amide bonds. The fraction of sp³-hybridized carbons (Fsp3) is 0.667. The number of nitrogens with zero attached hydrogens (tertiary/aromatic N) is 1. The highest BCUT2D eigenvalue weighted by molar-refractivity contribution is 6.36. The molecule has 0 saturated heterocycles. The molecule has 0 unspecified atom stereocenters. The topological polar surface area (TPSA) is 84.9 Å². The number of ether oxygens (including phenoxy) is 1. The highest BCUT2D eigenvalue weighted by Gasteiger charge is 2.10. The molecule has 0 aromatic rings. The summed E-state index contributed by atoms with van der Waals surface area (Å²) in [5, 5.41) is 11.1. The van der Waals surface area contributed by atoms with Crippen molar-refractivity contribution in [2.45, 2.75) is 12.8 Å². The van der Waals surface area contributed by atoms with Crippen molar-refractivity contribution in [1.29, 1.82) is 0 Å². The lowest BCUT2D eigenvalue weighted by Gasteiger charge is -1.99. The molecular weight excluding hydrogens is 148 g/mol. The Bertz CT molecular complexity index is 156. The van der Waals surface area contributed by atoms with Gasteiger partial charge in [-0.2, -0.15) is 0 Å². The molecule has 64 valence electrons. The second kappa shape index (κ2) is 5.67. The lowest BCUT2D eigenvalue weighted by molar-refractivity contribution is -0.133. The fourth-order valence-corrected chi connectivity index (χ4v) is 0.580. The molecule has 0 rings (SSSR count). The van der Waals surface area contributed by atoms with Gasteiger partial charge < -0.3 is 15.7 Å². The minimum absolute atomic E-state index is 0.0120. The Hall–Kier alpha value is -1.10. The van der Waals surface area contributed by atoms with Crippen LogP contribution in [0.15, 0.2) is 5.16 Å². The van der Waals surface area contributed by atoms with Gasteiger partial charge in [-0.15, -0.1) is 0 Å². The molecule has 11 heavy (non-hydrogen) atoms. The summed E-state index contributed by atoms with van der Waals surface area (Å²) < 4.78 is 4.33. The molecule has 0 aromatic carbocycles. The van der Waals surface area contributed by atoms with Crippen LogP contribution in [0.4, 0.5) is 0 Å². The van der Waals surface area contributed by atoms with E-state index in [0.717, 1.165) is 0 Å². The summed E-state index contributed by atoms with van der Waals surface area (Å²) in [4.78, 5) is 10.7. The molecule has 0 saturated carbocycles. The van der Waals surface area contributed by atoms with Gasteiger partial charge in [0.2, 0.25) is 0 Å². The van der Waals surface area contributed by atoms with Crippen LogP contribution in [0.3, 0.4) is 0 Å².